The third-order valence-corrected chi connectivity index (χ3v) is 6.06. The number of benzene rings is 2. The summed E-state index contributed by atoms with van der Waals surface area (Å²) in [4.78, 5) is 16.8. The van der Waals surface area contributed by atoms with Crippen molar-refractivity contribution in [2.45, 2.75) is 18.2 Å². The van der Waals surface area contributed by atoms with Gasteiger partial charge in [-0.15, -0.1) is 10.2 Å². The molecule has 0 saturated carbocycles. The van der Waals surface area contributed by atoms with Crippen molar-refractivity contribution in [2.24, 2.45) is 0 Å². The van der Waals surface area contributed by atoms with Crippen molar-refractivity contribution in [3.8, 4) is 22.9 Å². The van der Waals surface area contributed by atoms with E-state index in [-0.39, 0.29) is 11.7 Å². The SMILES string of the molecule is COc1ccc(CNC(=O)CSc2nnc(-c3cccnc3)n2Cc2ccccc2)cc1OC. The summed E-state index contributed by atoms with van der Waals surface area (Å²) >= 11 is 1.35. The van der Waals surface area contributed by atoms with Crippen LogP contribution in [0.25, 0.3) is 11.4 Å². The number of thioether (sulfide) groups is 1. The normalized spacial score (nSPS) is 10.6. The fourth-order valence-electron chi connectivity index (χ4n) is 3.38. The number of ether oxygens (including phenoxy) is 2. The quantitative estimate of drug-likeness (QED) is 0.349. The Kier molecular flexibility index (Phi) is 7.77. The van der Waals surface area contributed by atoms with Crippen LogP contribution in [0.15, 0.2) is 78.2 Å². The molecule has 9 heteroatoms. The second-order valence-electron chi connectivity index (χ2n) is 7.37. The molecule has 34 heavy (non-hydrogen) atoms. The minimum Gasteiger partial charge on any atom is -0.493 e. The molecule has 2 aromatic carbocycles. The van der Waals surface area contributed by atoms with Crippen LogP contribution in [0.5, 0.6) is 11.5 Å². The molecule has 0 saturated heterocycles. The van der Waals surface area contributed by atoms with E-state index in [0.717, 1.165) is 16.7 Å². The van der Waals surface area contributed by atoms with E-state index in [1.54, 1.807) is 26.6 Å². The number of carbonyl (C=O) groups is 1. The van der Waals surface area contributed by atoms with Crippen LogP contribution in [0.1, 0.15) is 11.1 Å². The molecule has 1 amide bonds. The van der Waals surface area contributed by atoms with Gasteiger partial charge in [0.2, 0.25) is 5.91 Å². The van der Waals surface area contributed by atoms with E-state index in [1.807, 2.05) is 53.1 Å². The molecule has 4 rings (SSSR count). The molecular weight excluding hydrogens is 450 g/mol. The van der Waals surface area contributed by atoms with Gasteiger partial charge in [0.25, 0.3) is 0 Å². The first kappa shape index (κ1) is 23.3. The number of carbonyl (C=O) groups excluding carboxylic acids is 1. The van der Waals surface area contributed by atoms with Gasteiger partial charge in [-0.3, -0.25) is 14.3 Å². The van der Waals surface area contributed by atoms with Gasteiger partial charge in [-0.2, -0.15) is 0 Å². The lowest BCUT2D eigenvalue weighted by Gasteiger charge is -2.11. The third kappa shape index (κ3) is 5.74. The van der Waals surface area contributed by atoms with Gasteiger partial charge in [0.1, 0.15) is 0 Å². The number of aromatic nitrogens is 4. The summed E-state index contributed by atoms with van der Waals surface area (Å²) < 4.78 is 12.6. The third-order valence-electron chi connectivity index (χ3n) is 5.09. The van der Waals surface area contributed by atoms with Crippen molar-refractivity contribution in [3.05, 3.63) is 84.2 Å². The molecule has 2 aromatic heterocycles. The molecule has 0 aliphatic heterocycles. The van der Waals surface area contributed by atoms with Crippen LogP contribution in [0, 0.1) is 0 Å². The van der Waals surface area contributed by atoms with Crippen LogP contribution in [0.2, 0.25) is 0 Å². The van der Waals surface area contributed by atoms with Crippen molar-refractivity contribution in [1.29, 1.82) is 0 Å². The monoisotopic (exact) mass is 475 g/mol. The molecule has 8 nitrogen and oxygen atoms in total. The predicted molar refractivity (Wildman–Crippen MR) is 131 cm³/mol. The number of hydrogen-bond donors (Lipinski definition) is 1. The minimum absolute atomic E-state index is 0.100. The van der Waals surface area contributed by atoms with Crippen LogP contribution in [-0.2, 0) is 17.9 Å². The van der Waals surface area contributed by atoms with Crippen LogP contribution < -0.4 is 14.8 Å². The first-order chi connectivity index (χ1) is 16.7. The zero-order valence-electron chi connectivity index (χ0n) is 19.0. The van der Waals surface area contributed by atoms with E-state index in [2.05, 4.69) is 32.6 Å². The lowest BCUT2D eigenvalue weighted by atomic mass is 10.2. The summed E-state index contributed by atoms with van der Waals surface area (Å²) in [6.07, 6.45) is 3.48. The van der Waals surface area contributed by atoms with E-state index < -0.39 is 0 Å². The smallest absolute Gasteiger partial charge is 0.230 e. The van der Waals surface area contributed by atoms with Gasteiger partial charge in [-0.1, -0.05) is 48.2 Å². The molecule has 1 N–H and O–H groups in total. The van der Waals surface area contributed by atoms with Crippen molar-refractivity contribution in [3.63, 3.8) is 0 Å². The van der Waals surface area contributed by atoms with E-state index in [4.69, 9.17) is 9.47 Å². The fourth-order valence-corrected chi connectivity index (χ4v) is 4.15. The minimum atomic E-state index is -0.100. The Hall–Kier alpha value is -3.85. The number of amides is 1. The summed E-state index contributed by atoms with van der Waals surface area (Å²) in [5.74, 6) is 2.10. The highest BCUT2D eigenvalue weighted by Gasteiger charge is 2.16. The van der Waals surface area contributed by atoms with Gasteiger partial charge in [0, 0.05) is 24.5 Å². The molecule has 0 radical (unpaired) electrons. The van der Waals surface area contributed by atoms with Crippen molar-refractivity contribution in [1.82, 2.24) is 25.1 Å². The van der Waals surface area contributed by atoms with E-state index in [9.17, 15) is 4.79 Å². The van der Waals surface area contributed by atoms with Crippen LogP contribution in [0.4, 0.5) is 0 Å². The number of nitrogens with one attached hydrogen (secondary N) is 1. The summed E-state index contributed by atoms with van der Waals surface area (Å²) in [6.45, 7) is 0.977. The van der Waals surface area contributed by atoms with E-state index in [1.165, 1.54) is 11.8 Å². The molecule has 2 heterocycles. The molecular formula is C25H25N5O3S. The Labute approximate surface area is 202 Å². The molecule has 0 fully saturated rings. The molecule has 174 valence electrons. The lowest BCUT2D eigenvalue weighted by Crippen LogP contribution is -2.24. The van der Waals surface area contributed by atoms with Gasteiger partial charge >= 0.3 is 0 Å². The average Bonchev–Trinajstić information content (AvgIpc) is 3.29. The lowest BCUT2D eigenvalue weighted by molar-refractivity contribution is -0.118. The van der Waals surface area contributed by atoms with Gasteiger partial charge in [-0.25, -0.2) is 0 Å². The fraction of sp³-hybridized carbons (Fsp3) is 0.200. The molecule has 0 aliphatic rings. The summed E-state index contributed by atoms with van der Waals surface area (Å²) in [7, 11) is 3.18. The van der Waals surface area contributed by atoms with Crippen molar-refractivity contribution < 1.29 is 14.3 Å². The van der Waals surface area contributed by atoms with E-state index >= 15 is 0 Å². The number of methoxy groups -OCH3 is 2. The molecule has 0 bridgehead atoms. The number of pyridine rings is 1. The summed E-state index contributed by atoms with van der Waals surface area (Å²) in [6, 6.07) is 19.5. The van der Waals surface area contributed by atoms with Gasteiger partial charge in [0.05, 0.1) is 26.5 Å². The first-order valence-corrected chi connectivity index (χ1v) is 11.6. The van der Waals surface area contributed by atoms with Crippen molar-refractivity contribution >= 4 is 17.7 Å². The van der Waals surface area contributed by atoms with Gasteiger partial charge in [0.15, 0.2) is 22.5 Å². The zero-order valence-corrected chi connectivity index (χ0v) is 19.8. The maximum absolute atomic E-state index is 12.6. The van der Waals surface area contributed by atoms with Crippen LogP contribution >= 0.6 is 11.8 Å². The standard InChI is InChI=1S/C25H25N5O3S/c1-32-21-11-10-19(13-22(21)33-2)14-27-23(31)17-34-25-29-28-24(20-9-6-12-26-15-20)30(25)16-18-7-4-3-5-8-18/h3-13,15H,14,16-17H2,1-2H3,(H,27,31). The molecule has 0 spiro atoms. The maximum atomic E-state index is 12.6. The van der Waals surface area contributed by atoms with Crippen LogP contribution in [0.3, 0.4) is 0 Å². The second kappa shape index (κ2) is 11.3. The van der Waals surface area contributed by atoms with Gasteiger partial charge in [-0.05, 0) is 35.4 Å². The van der Waals surface area contributed by atoms with Crippen molar-refractivity contribution in [2.75, 3.05) is 20.0 Å². The maximum Gasteiger partial charge on any atom is 0.230 e. The number of nitrogens with zero attached hydrogens (tertiary/aromatic N) is 4. The number of rotatable bonds is 10. The highest BCUT2D eigenvalue weighted by atomic mass is 32.2. The predicted octanol–water partition coefficient (Wildman–Crippen LogP) is 3.81. The average molecular weight is 476 g/mol. The number of hydrogen-bond acceptors (Lipinski definition) is 7. The van der Waals surface area contributed by atoms with Gasteiger partial charge < -0.3 is 14.8 Å². The Morgan fingerprint density at radius 2 is 1.79 bits per heavy atom. The Morgan fingerprint density at radius 1 is 0.971 bits per heavy atom. The Bertz CT molecular complexity index is 1230. The molecule has 0 unspecified atom stereocenters. The summed E-state index contributed by atoms with van der Waals surface area (Å²) in [5.41, 5.74) is 2.91. The largest absolute Gasteiger partial charge is 0.493 e. The molecule has 4 aromatic rings. The molecule has 0 aliphatic carbocycles. The first-order valence-electron chi connectivity index (χ1n) is 10.7. The van der Waals surface area contributed by atoms with Crippen LogP contribution in [-0.4, -0.2) is 45.6 Å². The Balaban J connectivity index is 1.44. The second-order valence-corrected chi connectivity index (χ2v) is 8.32. The summed E-state index contributed by atoms with van der Waals surface area (Å²) in [5, 5.41) is 12.4. The Morgan fingerprint density at radius 3 is 2.53 bits per heavy atom. The highest BCUT2D eigenvalue weighted by Crippen LogP contribution is 2.28. The zero-order chi connectivity index (χ0) is 23.8. The topological polar surface area (TPSA) is 91.2 Å². The molecule has 0 atom stereocenters. The highest BCUT2D eigenvalue weighted by molar-refractivity contribution is 7.99. The van der Waals surface area contributed by atoms with E-state index in [0.29, 0.717) is 35.6 Å².